The van der Waals surface area contributed by atoms with Crippen LogP contribution in [0, 0.1) is 11.3 Å². The molecule has 0 bridgehead atoms. The number of nitrogens with one attached hydrogen (secondary N) is 1. The molecule has 74 valence electrons. The molecule has 0 spiro atoms. The maximum atomic E-state index is 10.9. The molecule has 15 heavy (non-hydrogen) atoms. The number of carboxylic acids is 1. The van der Waals surface area contributed by atoms with Crippen LogP contribution >= 0.6 is 11.3 Å². The fraction of sp³-hybridized carbons (Fsp3) is 0. The van der Waals surface area contributed by atoms with Crippen molar-refractivity contribution in [3.63, 3.8) is 0 Å². The second-order valence-electron chi connectivity index (χ2n) is 2.74. The molecule has 0 saturated heterocycles. The average Bonchev–Trinajstić information content (AvgIpc) is 2.85. The van der Waals surface area contributed by atoms with Gasteiger partial charge in [-0.15, -0.1) is 11.3 Å². The summed E-state index contributed by atoms with van der Waals surface area (Å²) in [5.41, 5.74) is 1.08. The summed E-state index contributed by atoms with van der Waals surface area (Å²) in [5, 5.41) is 25.6. The highest BCUT2D eigenvalue weighted by atomic mass is 32.1. The van der Waals surface area contributed by atoms with Gasteiger partial charge in [0.25, 0.3) is 0 Å². The molecule has 0 aliphatic carbocycles. The zero-order chi connectivity index (χ0) is 10.8. The third kappa shape index (κ3) is 1.49. The zero-order valence-electron chi connectivity index (χ0n) is 7.39. The highest BCUT2D eigenvalue weighted by Gasteiger charge is 2.19. The van der Waals surface area contributed by atoms with Crippen molar-refractivity contribution in [3.8, 4) is 17.3 Å². The van der Waals surface area contributed by atoms with Gasteiger partial charge in [0.05, 0.1) is 11.3 Å². The number of nitriles is 1. The predicted molar refractivity (Wildman–Crippen MR) is 53.6 cm³/mol. The lowest BCUT2D eigenvalue weighted by Crippen LogP contribution is -1.97. The van der Waals surface area contributed by atoms with Crippen molar-refractivity contribution in [2.45, 2.75) is 0 Å². The molecule has 0 aromatic carbocycles. The number of hydrogen-bond acceptors (Lipinski definition) is 4. The molecule has 0 fully saturated rings. The third-order valence-corrected chi connectivity index (χ3v) is 2.78. The molecule has 0 radical (unpaired) electrons. The normalized spacial score (nSPS) is 9.80. The van der Waals surface area contributed by atoms with E-state index in [0.717, 1.165) is 11.3 Å². The van der Waals surface area contributed by atoms with E-state index in [2.05, 4.69) is 10.2 Å². The van der Waals surface area contributed by atoms with Gasteiger partial charge in [0.1, 0.15) is 10.9 Å². The molecule has 0 unspecified atom stereocenters. The quantitative estimate of drug-likeness (QED) is 0.804. The van der Waals surface area contributed by atoms with Crippen molar-refractivity contribution in [2.24, 2.45) is 0 Å². The summed E-state index contributed by atoms with van der Waals surface area (Å²) in [5.74, 6) is -1.04. The number of aromatic amines is 1. The van der Waals surface area contributed by atoms with Gasteiger partial charge in [0.2, 0.25) is 0 Å². The number of carboxylic acid groups (broad SMARTS) is 1. The number of carbonyl (C=O) groups is 1. The van der Waals surface area contributed by atoms with E-state index >= 15 is 0 Å². The molecule has 2 aromatic rings. The van der Waals surface area contributed by atoms with E-state index in [-0.39, 0.29) is 5.56 Å². The Kier molecular flexibility index (Phi) is 2.23. The van der Waals surface area contributed by atoms with Gasteiger partial charge in [0.15, 0.2) is 0 Å². The standard InChI is InChI=1S/C9H5N3O2S/c10-3-7-8(6-1-2-11-12-6)5(4-15-7)9(13)14/h1-2,4H,(H,11,12)(H,13,14). The van der Waals surface area contributed by atoms with E-state index in [1.165, 1.54) is 11.6 Å². The Balaban J connectivity index is 2.67. The Morgan fingerprint density at radius 1 is 1.67 bits per heavy atom. The number of H-pyrrole nitrogens is 1. The largest absolute Gasteiger partial charge is 0.478 e. The van der Waals surface area contributed by atoms with Crippen LogP contribution in [0.2, 0.25) is 0 Å². The van der Waals surface area contributed by atoms with Gasteiger partial charge < -0.3 is 5.11 Å². The molecule has 6 heteroatoms. The first-order chi connectivity index (χ1) is 7.24. The van der Waals surface area contributed by atoms with Gasteiger partial charge >= 0.3 is 5.97 Å². The number of hydrogen-bond donors (Lipinski definition) is 2. The molecule has 0 saturated carbocycles. The minimum Gasteiger partial charge on any atom is -0.478 e. The number of aromatic nitrogens is 2. The Morgan fingerprint density at radius 3 is 3.00 bits per heavy atom. The fourth-order valence-corrected chi connectivity index (χ4v) is 2.10. The summed E-state index contributed by atoms with van der Waals surface area (Å²) >= 11 is 1.11. The predicted octanol–water partition coefficient (Wildman–Crippen LogP) is 1.71. The average molecular weight is 219 g/mol. The Bertz CT molecular complexity index is 536. The van der Waals surface area contributed by atoms with Crippen LogP contribution in [-0.2, 0) is 0 Å². The molecule has 2 N–H and O–H groups in total. The van der Waals surface area contributed by atoms with Crippen molar-refractivity contribution in [1.82, 2.24) is 10.2 Å². The summed E-state index contributed by atoms with van der Waals surface area (Å²) in [7, 11) is 0. The second kappa shape index (κ2) is 3.55. The third-order valence-electron chi connectivity index (χ3n) is 1.89. The van der Waals surface area contributed by atoms with E-state index in [9.17, 15) is 4.79 Å². The van der Waals surface area contributed by atoms with Crippen molar-refractivity contribution in [3.05, 3.63) is 28.1 Å². The first kappa shape index (κ1) is 9.43. The van der Waals surface area contributed by atoms with Crippen molar-refractivity contribution < 1.29 is 9.90 Å². The zero-order valence-corrected chi connectivity index (χ0v) is 8.21. The summed E-state index contributed by atoms with van der Waals surface area (Å²) in [6, 6.07) is 3.60. The summed E-state index contributed by atoms with van der Waals surface area (Å²) < 4.78 is 0. The highest BCUT2D eigenvalue weighted by molar-refractivity contribution is 7.11. The summed E-state index contributed by atoms with van der Waals surface area (Å²) in [6.45, 7) is 0. The Hall–Kier alpha value is -2.13. The van der Waals surface area contributed by atoms with Crippen LogP contribution in [0.15, 0.2) is 17.6 Å². The molecule has 2 heterocycles. The van der Waals surface area contributed by atoms with Gasteiger partial charge in [-0.1, -0.05) is 0 Å². The van der Waals surface area contributed by atoms with E-state index < -0.39 is 5.97 Å². The van der Waals surface area contributed by atoms with E-state index in [0.29, 0.717) is 16.1 Å². The molecule has 0 atom stereocenters. The molecule has 2 rings (SSSR count). The van der Waals surface area contributed by atoms with Gasteiger partial charge in [-0.05, 0) is 6.07 Å². The van der Waals surface area contributed by atoms with Gasteiger partial charge in [-0.3, -0.25) is 5.10 Å². The van der Waals surface area contributed by atoms with Gasteiger partial charge in [-0.2, -0.15) is 10.4 Å². The first-order valence-electron chi connectivity index (χ1n) is 3.98. The molecule has 0 aliphatic rings. The minimum atomic E-state index is -1.04. The van der Waals surface area contributed by atoms with Crippen molar-refractivity contribution in [1.29, 1.82) is 5.26 Å². The van der Waals surface area contributed by atoms with E-state index in [1.807, 2.05) is 6.07 Å². The van der Waals surface area contributed by atoms with Crippen molar-refractivity contribution in [2.75, 3.05) is 0 Å². The molecule has 0 aliphatic heterocycles. The Morgan fingerprint density at radius 2 is 2.47 bits per heavy atom. The van der Waals surface area contributed by atoms with Crippen LogP contribution in [0.3, 0.4) is 0 Å². The van der Waals surface area contributed by atoms with Crippen LogP contribution in [0.25, 0.3) is 11.3 Å². The van der Waals surface area contributed by atoms with E-state index in [4.69, 9.17) is 10.4 Å². The number of nitrogens with zero attached hydrogens (tertiary/aromatic N) is 2. The van der Waals surface area contributed by atoms with Gasteiger partial charge in [0, 0.05) is 17.1 Å². The Labute approximate surface area is 88.6 Å². The molecular weight excluding hydrogens is 214 g/mol. The smallest absolute Gasteiger partial charge is 0.337 e. The topological polar surface area (TPSA) is 89.8 Å². The van der Waals surface area contributed by atoms with Crippen molar-refractivity contribution >= 4 is 17.3 Å². The lowest BCUT2D eigenvalue weighted by atomic mass is 10.1. The SMILES string of the molecule is N#Cc1scc(C(=O)O)c1-c1ccn[nH]1. The van der Waals surface area contributed by atoms with Gasteiger partial charge in [-0.25, -0.2) is 4.79 Å². The second-order valence-corrected chi connectivity index (χ2v) is 3.62. The maximum absolute atomic E-state index is 10.9. The number of aromatic carboxylic acids is 1. The number of thiophene rings is 1. The van der Waals surface area contributed by atoms with Crippen LogP contribution < -0.4 is 0 Å². The number of rotatable bonds is 2. The fourth-order valence-electron chi connectivity index (χ4n) is 1.26. The molecule has 2 aromatic heterocycles. The molecule has 5 nitrogen and oxygen atoms in total. The maximum Gasteiger partial charge on any atom is 0.337 e. The summed E-state index contributed by atoms with van der Waals surface area (Å²) in [6.07, 6.45) is 1.51. The molecule has 0 amide bonds. The lowest BCUT2D eigenvalue weighted by molar-refractivity contribution is 0.0698. The highest BCUT2D eigenvalue weighted by Crippen LogP contribution is 2.30. The van der Waals surface area contributed by atoms with E-state index in [1.54, 1.807) is 6.07 Å². The lowest BCUT2D eigenvalue weighted by Gasteiger charge is -1.96. The first-order valence-corrected chi connectivity index (χ1v) is 4.86. The van der Waals surface area contributed by atoms with Crippen LogP contribution in [0.5, 0.6) is 0 Å². The minimum absolute atomic E-state index is 0.126. The van der Waals surface area contributed by atoms with Crippen LogP contribution in [0.4, 0.5) is 0 Å². The monoisotopic (exact) mass is 219 g/mol. The summed E-state index contributed by atoms with van der Waals surface area (Å²) in [4.78, 5) is 11.3. The van der Waals surface area contributed by atoms with Crippen LogP contribution in [-0.4, -0.2) is 21.3 Å². The van der Waals surface area contributed by atoms with Crippen LogP contribution in [0.1, 0.15) is 15.2 Å². The molecular formula is C9H5N3O2S.